The summed E-state index contributed by atoms with van der Waals surface area (Å²) in [5, 5.41) is 0.585. The minimum atomic E-state index is -0.315. The summed E-state index contributed by atoms with van der Waals surface area (Å²) >= 11 is 0. The lowest BCUT2D eigenvalue weighted by Gasteiger charge is -2.06. The maximum absolute atomic E-state index is 11.3. The SMILES string of the molecule is CC(N)c1cccc2c(=O)on(C)c12. The summed E-state index contributed by atoms with van der Waals surface area (Å²) in [5.74, 6) is 0. The average molecular weight is 192 g/mol. The molecule has 0 fully saturated rings. The number of aryl methyl sites for hydroxylation is 1. The van der Waals surface area contributed by atoms with Crippen molar-refractivity contribution in [1.82, 2.24) is 4.74 Å². The second kappa shape index (κ2) is 2.99. The van der Waals surface area contributed by atoms with Gasteiger partial charge in [-0.3, -0.25) is 0 Å². The summed E-state index contributed by atoms with van der Waals surface area (Å²) < 4.78 is 6.43. The third-order valence-corrected chi connectivity index (χ3v) is 2.31. The van der Waals surface area contributed by atoms with E-state index in [0.29, 0.717) is 5.39 Å². The van der Waals surface area contributed by atoms with Crippen LogP contribution in [0.4, 0.5) is 0 Å². The van der Waals surface area contributed by atoms with Gasteiger partial charge < -0.3 is 10.3 Å². The molecule has 4 heteroatoms. The molecule has 2 N–H and O–H groups in total. The summed E-state index contributed by atoms with van der Waals surface area (Å²) in [6.07, 6.45) is 0. The predicted molar refractivity (Wildman–Crippen MR) is 54.1 cm³/mol. The molecule has 0 aliphatic heterocycles. The summed E-state index contributed by atoms with van der Waals surface area (Å²) in [7, 11) is 1.70. The van der Waals surface area contributed by atoms with Crippen LogP contribution in [0.2, 0.25) is 0 Å². The van der Waals surface area contributed by atoms with Gasteiger partial charge in [0.1, 0.15) is 0 Å². The fourth-order valence-corrected chi connectivity index (χ4v) is 1.66. The van der Waals surface area contributed by atoms with Crippen LogP contribution in [0.5, 0.6) is 0 Å². The number of rotatable bonds is 1. The molecule has 0 aliphatic rings. The zero-order valence-electron chi connectivity index (χ0n) is 8.15. The first-order valence-electron chi connectivity index (χ1n) is 4.46. The molecule has 0 bridgehead atoms. The number of nitrogens with zero attached hydrogens (tertiary/aromatic N) is 1. The van der Waals surface area contributed by atoms with Crippen LogP contribution in [0.3, 0.4) is 0 Å². The van der Waals surface area contributed by atoms with Crippen molar-refractivity contribution in [1.29, 1.82) is 0 Å². The lowest BCUT2D eigenvalue weighted by Crippen LogP contribution is -2.06. The van der Waals surface area contributed by atoms with Gasteiger partial charge in [-0.25, -0.2) is 9.53 Å². The Bertz CT molecular complexity index is 522. The highest BCUT2D eigenvalue weighted by molar-refractivity contribution is 5.81. The topological polar surface area (TPSA) is 61.2 Å². The molecule has 1 atom stereocenters. The molecule has 2 aromatic rings. The molecule has 1 heterocycles. The fraction of sp³-hybridized carbons (Fsp3) is 0.300. The summed E-state index contributed by atoms with van der Waals surface area (Å²) in [4.78, 5) is 11.3. The second-order valence-electron chi connectivity index (χ2n) is 3.41. The van der Waals surface area contributed by atoms with Crippen molar-refractivity contribution < 1.29 is 4.52 Å². The number of benzene rings is 1. The molecule has 0 radical (unpaired) electrons. The molecular weight excluding hydrogens is 180 g/mol. The van der Waals surface area contributed by atoms with Gasteiger partial charge in [0.15, 0.2) is 0 Å². The number of nitrogens with two attached hydrogens (primary N) is 1. The molecule has 0 saturated heterocycles. The highest BCUT2D eigenvalue weighted by Crippen LogP contribution is 2.20. The molecule has 1 aromatic carbocycles. The maximum atomic E-state index is 11.3. The maximum Gasteiger partial charge on any atom is 0.365 e. The zero-order valence-corrected chi connectivity index (χ0v) is 8.15. The van der Waals surface area contributed by atoms with Crippen molar-refractivity contribution in [2.24, 2.45) is 12.8 Å². The lowest BCUT2D eigenvalue weighted by atomic mass is 10.1. The Morgan fingerprint density at radius 2 is 2.21 bits per heavy atom. The molecule has 0 saturated carbocycles. The summed E-state index contributed by atoms with van der Waals surface area (Å²) in [5.41, 5.74) is 7.20. The smallest absolute Gasteiger partial charge is 0.336 e. The van der Waals surface area contributed by atoms with E-state index in [2.05, 4.69) is 0 Å². The zero-order chi connectivity index (χ0) is 10.3. The van der Waals surface area contributed by atoms with E-state index in [1.54, 1.807) is 13.1 Å². The van der Waals surface area contributed by atoms with Gasteiger partial charge >= 0.3 is 5.63 Å². The Labute approximate surface area is 80.9 Å². The van der Waals surface area contributed by atoms with Crippen LogP contribution in [0.25, 0.3) is 10.9 Å². The number of fused-ring (bicyclic) bond motifs is 1. The van der Waals surface area contributed by atoms with E-state index < -0.39 is 0 Å². The van der Waals surface area contributed by atoms with Crippen molar-refractivity contribution >= 4 is 10.9 Å². The van der Waals surface area contributed by atoms with Crippen molar-refractivity contribution in [3.63, 3.8) is 0 Å². The molecule has 4 nitrogen and oxygen atoms in total. The minimum Gasteiger partial charge on any atom is -0.336 e. The predicted octanol–water partition coefficient (Wildman–Crippen LogP) is 1.15. The molecule has 1 unspecified atom stereocenters. The van der Waals surface area contributed by atoms with Crippen LogP contribution in [0.15, 0.2) is 27.5 Å². The van der Waals surface area contributed by atoms with Gasteiger partial charge in [0.2, 0.25) is 0 Å². The van der Waals surface area contributed by atoms with Gasteiger partial charge in [0, 0.05) is 13.1 Å². The van der Waals surface area contributed by atoms with E-state index in [1.807, 2.05) is 19.1 Å². The molecule has 74 valence electrons. The molecule has 0 aliphatic carbocycles. The van der Waals surface area contributed by atoms with Gasteiger partial charge in [0.05, 0.1) is 10.9 Å². The molecular formula is C10H12N2O2. The van der Waals surface area contributed by atoms with E-state index in [9.17, 15) is 4.79 Å². The Morgan fingerprint density at radius 1 is 1.50 bits per heavy atom. The first-order valence-corrected chi connectivity index (χ1v) is 4.46. The highest BCUT2D eigenvalue weighted by Gasteiger charge is 2.12. The van der Waals surface area contributed by atoms with Crippen LogP contribution < -0.4 is 11.4 Å². The van der Waals surface area contributed by atoms with Gasteiger partial charge in [-0.1, -0.05) is 12.1 Å². The molecule has 14 heavy (non-hydrogen) atoms. The molecule has 0 spiro atoms. The van der Waals surface area contributed by atoms with E-state index in [0.717, 1.165) is 11.1 Å². The second-order valence-corrected chi connectivity index (χ2v) is 3.41. The van der Waals surface area contributed by atoms with Gasteiger partial charge in [-0.2, -0.15) is 0 Å². The number of para-hydroxylation sites is 1. The van der Waals surface area contributed by atoms with Crippen molar-refractivity contribution in [3.05, 3.63) is 34.2 Å². The first kappa shape index (κ1) is 9.02. The van der Waals surface area contributed by atoms with E-state index in [-0.39, 0.29) is 11.7 Å². The fourth-order valence-electron chi connectivity index (χ4n) is 1.66. The van der Waals surface area contributed by atoms with Crippen LogP contribution in [-0.2, 0) is 7.05 Å². The number of hydrogen-bond donors (Lipinski definition) is 1. The monoisotopic (exact) mass is 192 g/mol. The summed E-state index contributed by atoms with van der Waals surface area (Å²) in [6, 6.07) is 5.36. The average Bonchev–Trinajstić information content (AvgIpc) is 2.43. The Hall–Kier alpha value is -1.55. The van der Waals surface area contributed by atoms with Gasteiger partial charge in [-0.15, -0.1) is 0 Å². The van der Waals surface area contributed by atoms with E-state index in [1.165, 1.54) is 4.74 Å². The van der Waals surface area contributed by atoms with Gasteiger partial charge in [0.25, 0.3) is 0 Å². The highest BCUT2D eigenvalue weighted by atomic mass is 16.5. The summed E-state index contributed by atoms with van der Waals surface area (Å²) in [6.45, 7) is 1.88. The van der Waals surface area contributed by atoms with Crippen LogP contribution in [0.1, 0.15) is 18.5 Å². The quantitative estimate of drug-likeness (QED) is 0.737. The minimum absolute atomic E-state index is 0.109. The Morgan fingerprint density at radius 3 is 2.86 bits per heavy atom. The largest absolute Gasteiger partial charge is 0.365 e. The molecule has 0 amide bonds. The Kier molecular flexibility index (Phi) is 1.93. The first-order chi connectivity index (χ1) is 6.61. The standard InChI is InChI=1S/C10H12N2O2/c1-6(11)7-4-3-5-8-9(7)12(2)14-10(8)13/h3-6H,11H2,1-2H3. The van der Waals surface area contributed by atoms with Crippen molar-refractivity contribution in [2.75, 3.05) is 0 Å². The van der Waals surface area contributed by atoms with Crippen LogP contribution in [0, 0.1) is 0 Å². The Balaban J connectivity index is 2.92. The van der Waals surface area contributed by atoms with Crippen molar-refractivity contribution in [3.8, 4) is 0 Å². The molecule has 2 rings (SSSR count). The normalized spacial score (nSPS) is 13.4. The van der Waals surface area contributed by atoms with Gasteiger partial charge in [-0.05, 0) is 18.6 Å². The third kappa shape index (κ3) is 1.15. The van der Waals surface area contributed by atoms with Crippen molar-refractivity contribution in [2.45, 2.75) is 13.0 Å². The van der Waals surface area contributed by atoms with E-state index >= 15 is 0 Å². The lowest BCUT2D eigenvalue weighted by molar-refractivity contribution is 0.295. The van der Waals surface area contributed by atoms with Crippen LogP contribution >= 0.6 is 0 Å². The third-order valence-electron chi connectivity index (χ3n) is 2.31. The number of hydrogen-bond acceptors (Lipinski definition) is 3. The number of aromatic nitrogens is 1. The van der Waals surface area contributed by atoms with E-state index in [4.69, 9.17) is 10.3 Å². The molecule has 1 aromatic heterocycles. The van der Waals surface area contributed by atoms with Crippen LogP contribution in [-0.4, -0.2) is 4.74 Å².